The number of carbonyl (C=O) groups is 1. The first-order chi connectivity index (χ1) is 13.5. The molecule has 28 heavy (non-hydrogen) atoms. The van der Waals surface area contributed by atoms with Crippen LogP contribution < -0.4 is 10.2 Å². The molecule has 0 spiro atoms. The monoisotopic (exact) mass is 396 g/mol. The largest absolute Gasteiger partial charge is 0.371 e. The fourth-order valence-electron chi connectivity index (χ4n) is 3.68. The zero-order valence-corrected chi connectivity index (χ0v) is 18.0. The summed E-state index contributed by atoms with van der Waals surface area (Å²) in [6.07, 6.45) is 2.60. The second kappa shape index (κ2) is 10.0. The molecule has 1 saturated heterocycles. The quantitative estimate of drug-likeness (QED) is 0.678. The number of anilines is 1. The number of carbonyl (C=O) groups excluding carboxylic acids is 1. The molecule has 3 atom stereocenters. The Kier molecular flexibility index (Phi) is 7.43. The van der Waals surface area contributed by atoms with Crippen molar-refractivity contribution in [3.05, 3.63) is 65.7 Å². The Morgan fingerprint density at radius 3 is 2.54 bits per heavy atom. The zero-order chi connectivity index (χ0) is 19.9. The lowest BCUT2D eigenvalue weighted by Gasteiger charge is -2.33. The maximum absolute atomic E-state index is 12.6. The van der Waals surface area contributed by atoms with Gasteiger partial charge < -0.3 is 10.2 Å². The molecule has 0 aromatic heterocycles. The Bertz CT molecular complexity index is 747. The van der Waals surface area contributed by atoms with E-state index in [9.17, 15) is 4.79 Å². The average molecular weight is 397 g/mol. The number of amides is 1. The van der Waals surface area contributed by atoms with E-state index in [0.717, 1.165) is 30.3 Å². The normalized spacial score (nSPS) is 19.1. The van der Waals surface area contributed by atoms with Gasteiger partial charge in [0, 0.05) is 24.5 Å². The van der Waals surface area contributed by atoms with E-state index in [2.05, 4.69) is 60.5 Å². The van der Waals surface area contributed by atoms with E-state index in [1.54, 1.807) is 11.8 Å². The lowest BCUT2D eigenvalue weighted by atomic mass is 9.99. The number of piperidine rings is 1. The molecule has 1 heterocycles. The van der Waals surface area contributed by atoms with Crippen molar-refractivity contribution in [3.63, 3.8) is 0 Å². The van der Waals surface area contributed by atoms with Crippen molar-refractivity contribution in [3.8, 4) is 0 Å². The molecule has 150 valence electrons. The Hall–Kier alpha value is -1.94. The molecular formula is C24H32N2OS. The summed E-state index contributed by atoms with van der Waals surface area (Å²) in [5.41, 5.74) is 3.70. The van der Waals surface area contributed by atoms with Crippen LogP contribution in [0.5, 0.6) is 0 Å². The highest BCUT2D eigenvalue weighted by Crippen LogP contribution is 2.25. The summed E-state index contributed by atoms with van der Waals surface area (Å²) in [6, 6.07) is 19.0. The van der Waals surface area contributed by atoms with Crippen molar-refractivity contribution in [1.82, 2.24) is 5.32 Å². The van der Waals surface area contributed by atoms with Crippen LogP contribution >= 0.6 is 11.8 Å². The van der Waals surface area contributed by atoms with Gasteiger partial charge in [-0.3, -0.25) is 4.79 Å². The van der Waals surface area contributed by atoms with Crippen molar-refractivity contribution in [2.45, 2.75) is 50.7 Å². The molecule has 1 N–H and O–H groups in total. The molecule has 2 aromatic rings. The van der Waals surface area contributed by atoms with Crippen LogP contribution in [0.25, 0.3) is 0 Å². The standard InChI is InChI=1S/C24H32N2OS/c1-18-8-7-15-26(16-18)23-13-11-22(12-14-23)19(2)25-24(27)20(3)28-17-21-9-5-4-6-10-21/h4-6,9-14,18-20H,7-8,15-17H2,1-3H3,(H,25,27)/t18-,19-,20+/m1/s1. The molecule has 3 rings (SSSR count). The Morgan fingerprint density at radius 2 is 1.86 bits per heavy atom. The van der Waals surface area contributed by atoms with Gasteiger partial charge in [0.2, 0.25) is 5.91 Å². The third-order valence-electron chi connectivity index (χ3n) is 5.49. The van der Waals surface area contributed by atoms with Crippen molar-refractivity contribution in [1.29, 1.82) is 0 Å². The topological polar surface area (TPSA) is 32.3 Å². The number of hydrogen-bond acceptors (Lipinski definition) is 3. The summed E-state index contributed by atoms with van der Waals surface area (Å²) >= 11 is 1.68. The Balaban J connectivity index is 1.50. The molecule has 0 bridgehead atoms. The second-order valence-corrected chi connectivity index (χ2v) is 9.28. The highest BCUT2D eigenvalue weighted by Gasteiger charge is 2.19. The lowest BCUT2D eigenvalue weighted by molar-refractivity contribution is -0.120. The maximum atomic E-state index is 12.6. The smallest absolute Gasteiger partial charge is 0.233 e. The zero-order valence-electron chi connectivity index (χ0n) is 17.2. The van der Waals surface area contributed by atoms with Gasteiger partial charge in [0.1, 0.15) is 0 Å². The minimum Gasteiger partial charge on any atom is -0.371 e. The number of benzene rings is 2. The molecule has 0 aliphatic carbocycles. The van der Waals surface area contributed by atoms with Crippen LogP contribution in [-0.4, -0.2) is 24.2 Å². The number of nitrogens with zero attached hydrogens (tertiary/aromatic N) is 1. The molecule has 4 heteroatoms. The third kappa shape index (κ3) is 5.78. The highest BCUT2D eigenvalue weighted by atomic mass is 32.2. The summed E-state index contributed by atoms with van der Waals surface area (Å²) in [5.74, 6) is 1.72. The molecule has 0 saturated carbocycles. The van der Waals surface area contributed by atoms with Gasteiger partial charge in [0.05, 0.1) is 11.3 Å². The van der Waals surface area contributed by atoms with Gasteiger partial charge >= 0.3 is 0 Å². The second-order valence-electron chi connectivity index (χ2n) is 7.95. The summed E-state index contributed by atoms with van der Waals surface area (Å²) in [5, 5.41) is 3.09. The van der Waals surface area contributed by atoms with Crippen LogP contribution in [0.3, 0.4) is 0 Å². The van der Waals surface area contributed by atoms with E-state index >= 15 is 0 Å². The first-order valence-corrected chi connectivity index (χ1v) is 11.4. The Labute approximate surface area is 173 Å². The first kappa shape index (κ1) is 20.8. The number of rotatable bonds is 7. The molecule has 3 nitrogen and oxygen atoms in total. The fraction of sp³-hybridized carbons (Fsp3) is 0.458. The summed E-state index contributed by atoms with van der Waals surface area (Å²) < 4.78 is 0. The molecule has 2 aromatic carbocycles. The summed E-state index contributed by atoms with van der Waals surface area (Å²) in [6.45, 7) is 8.66. The van der Waals surface area contributed by atoms with E-state index < -0.39 is 0 Å². The Morgan fingerprint density at radius 1 is 1.14 bits per heavy atom. The van der Waals surface area contributed by atoms with Gasteiger partial charge in [0.15, 0.2) is 0 Å². The van der Waals surface area contributed by atoms with Gasteiger partial charge in [-0.1, -0.05) is 49.4 Å². The predicted octanol–water partition coefficient (Wildman–Crippen LogP) is 5.42. The highest BCUT2D eigenvalue weighted by molar-refractivity contribution is 7.99. The van der Waals surface area contributed by atoms with Crippen molar-refractivity contribution in [2.24, 2.45) is 5.92 Å². The van der Waals surface area contributed by atoms with Crippen LogP contribution in [-0.2, 0) is 10.5 Å². The average Bonchev–Trinajstić information content (AvgIpc) is 2.72. The van der Waals surface area contributed by atoms with Crippen LogP contribution in [0.15, 0.2) is 54.6 Å². The van der Waals surface area contributed by atoms with Crippen molar-refractivity contribution < 1.29 is 4.79 Å². The van der Waals surface area contributed by atoms with Crippen LogP contribution in [0.2, 0.25) is 0 Å². The fourth-order valence-corrected chi connectivity index (χ4v) is 4.54. The van der Waals surface area contributed by atoms with E-state index in [1.165, 1.54) is 24.1 Å². The molecule has 1 aliphatic rings. The minimum absolute atomic E-state index is 0.0154. The molecule has 1 amide bonds. The minimum atomic E-state index is -0.0724. The molecule has 0 unspecified atom stereocenters. The summed E-state index contributed by atoms with van der Waals surface area (Å²) in [7, 11) is 0. The number of thioether (sulfide) groups is 1. The maximum Gasteiger partial charge on any atom is 0.233 e. The van der Waals surface area contributed by atoms with Crippen molar-refractivity contribution in [2.75, 3.05) is 18.0 Å². The summed E-state index contributed by atoms with van der Waals surface area (Å²) in [4.78, 5) is 15.0. The molecule has 1 aliphatic heterocycles. The van der Waals surface area contributed by atoms with Crippen LogP contribution in [0.4, 0.5) is 5.69 Å². The van der Waals surface area contributed by atoms with Gasteiger partial charge in [-0.2, -0.15) is 0 Å². The van der Waals surface area contributed by atoms with E-state index in [4.69, 9.17) is 0 Å². The van der Waals surface area contributed by atoms with E-state index in [0.29, 0.717) is 0 Å². The lowest BCUT2D eigenvalue weighted by Crippen LogP contribution is -2.34. The predicted molar refractivity (Wildman–Crippen MR) is 121 cm³/mol. The van der Waals surface area contributed by atoms with Crippen molar-refractivity contribution >= 4 is 23.4 Å². The third-order valence-corrected chi connectivity index (χ3v) is 6.70. The molecular weight excluding hydrogens is 364 g/mol. The SMILES string of the molecule is C[C@@H]1CCCN(c2ccc([C@@H](C)NC(=O)[C@H](C)SCc3ccccc3)cc2)C1. The van der Waals surface area contributed by atoms with Crippen LogP contribution in [0, 0.1) is 5.92 Å². The van der Waals surface area contributed by atoms with E-state index in [1.807, 2.05) is 25.1 Å². The number of hydrogen-bond donors (Lipinski definition) is 1. The van der Waals surface area contributed by atoms with E-state index in [-0.39, 0.29) is 17.2 Å². The number of nitrogens with one attached hydrogen (secondary N) is 1. The van der Waals surface area contributed by atoms with Gasteiger partial charge in [-0.05, 0) is 55.9 Å². The molecule has 1 fully saturated rings. The van der Waals surface area contributed by atoms with Gasteiger partial charge in [0.25, 0.3) is 0 Å². The van der Waals surface area contributed by atoms with Gasteiger partial charge in [-0.15, -0.1) is 11.8 Å². The van der Waals surface area contributed by atoms with Crippen LogP contribution in [0.1, 0.15) is 50.8 Å². The molecule has 0 radical (unpaired) electrons. The van der Waals surface area contributed by atoms with Gasteiger partial charge in [-0.25, -0.2) is 0 Å². The first-order valence-electron chi connectivity index (χ1n) is 10.3.